The molecule has 0 fully saturated rings. The molecule has 0 aromatic heterocycles. The fourth-order valence-electron chi connectivity index (χ4n) is 4.98. The maximum atomic E-state index is 8.61. The zero-order chi connectivity index (χ0) is 35.9. The lowest BCUT2D eigenvalue weighted by molar-refractivity contribution is -0.00577. The SMILES string of the molecule is OCCOCCOCCOCCOCCCCCCCCCCCSSCCCCCCCCCCCOCCOCCOCCOCCO. The minimum Gasteiger partial charge on any atom is -0.394 e. The van der Waals surface area contributed by atoms with Gasteiger partial charge in [0.05, 0.1) is 106 Å². The summed E-state index contributed by atoms with van der Waals surface area (Å²) in [5.41, 5.74) is 0. The number of ether oxygens (including phenoxy) is 8. The standard InChI is InChI=1S/C38H78O10S2/c39-19-23-43-27-31-47-35-33-45-29-25-41-21-15-11-7-3-1-5-9-13-17-37-49-50-38-18-14-10-6-2-4-8-12-16-22-42-26-30-46-34-36-48-32-28-44-24-20-40/h39-40H,1-38H2. The lowest BCUT2D eigenvalue weighted by Gasteiger charge is -2.07. The molecule has 0 rings (SSSR count). The van der Waals surface area contributed by atoms with E-state index in [2.05, 4.69) is 21.6 Å². The highest BCUT2D eigenvalue weighted by molar-refractivity contribution is 8.76. The van der Waals surface area contributed by atoms with Gasteiger partial charge in [-0.1, -0.05) is 111 Å². The van der Waals surface area contributed by atoms with Crippen molar-refractivity contribution < 1.29 is 48.1 Å². The number of rotatable bonds is 47. The highest BCUT2D eigenvalue weighted by Crippen LogP contribution is 2.25. The first-order valence-corrected chi connectivity index (χ1v) is 22.5. The number of aliphatic hydroxyl groups excluding tert-OH is 2. The summed E-state index contributed by atoms with van der Waals surface area (Å²) in [5, 5.41) is 17.2. The van der Waals surface area contributed by atoms with Crippen molar-refractivity contribution in [3.05, 3.63) is 0 Å². The maximum absolute atomic E-state index is 8.61. The molecule has 0 heterocycles. The molecule has 0 aliphatic carbocycles. The van der Waals surface area contributed by atoms with Crippen molar-refractivity contribution in [3.63, 3.8) is 0 Å². The zero-order valence-corrected chi connectivity index (χ0v) is 33.5. The Morgan fingerprint density at radius 3 is 0.680 bits per heavy atom. The van der Waals surface area contributed by atoms with E-state index in [-0.39, 0.29) is 13.2 Å². The van der Waals surface area contributed by atoms with Gasteiger partial charge in [0.2, 0.25) is 0 Å². The summed E-state index contributed by atoms with van der Waals surface area (Å²) in [4.78, 5) is 0. The molecule has 302 valence electrons. The average molecular weight is 759 g/mol. The predicted molar refractivity (Wildman–Crippen MR) is 209 cm³/mol. The molecule has 0 aliphatic rings. The minimum absolute atomic E-state index is 0.0509. The number of hydrogen-bond donors (Lipinski definition) is 2. The van der Waals surface area contributed by atoms with Crippen molar-refractivity contribution in [1.82, 2.24) is 0 Å². The molecule has 2 N–H and O–H groups in total. The van der Waals surface area contributed by atoms with Crippen LogP contribution in [0.5, 0.6) is 0 Å². The van der Waals surface area contributed by atoms with Crippen molar-refractivity contribution >= 4 is 21.6 Å². The monoisotopic (exact) mass is 759 g/mol. The highest BCUT2D eigenvalue weighted by Gasteiger charge is 1.98. The van der Waals surface area contributed by atoms with E-state index in [1.807, 2.05) is 0 Å². The summed E-state index contributed by atoms with van der Waals surface area (Å²) in [6.45, 7) is 9.38. The van der Waals surface area contributed by atoms with Crippen LogP contribution >= 0.6 is 21.6 Å². The molecule has 0 aliphatic heterocycles. The van der Waals surface area contributed by atoms with Crippen molar-refractivity contribution in [2.45, 2.75) is 116 Å². The topological polar surface area (TPSA) is 114 Å². The van der Waals surface area contributed by atoms with Crippen LogP contribution in [0.2, 0.25) is 0 Å². The minimum atomic E-state index is 0.0509. The van der Waals surface area contributed by atoms with Gasteiger partial charge in [0.1, 0.15) is 0 Å². The molecular formula is C38H78O10S2. The molecule has 0 aromatic rings. The van der Waals surface area contributed by atoms with Crippen molar-refractivity contribution in [2.75, 3.05) is 130 Å². The Balaban J connectivity index is 3.04. The lowest BCUT2D eigenvalue weighted by atomic mass is 10.1. The van der Waals surface area contributed by atoms with Crippen LogP contribution in [0.25, 0.3) is 0 Å². The highest BCUT2D eigenvalue weighted by atomic mass is 33.1. The molecule has 50 heavy (non-hydrogen) atoms. The van der Waals surface area contributed by atoms with Crippen molar-refractivity contribution in [1.29, 1.82) is 0 Å². The van der Waals surface area contributed by atoms with Gasteiger partial charge in [-0.15, -0.1) is 0 Å². The van der Waals surface area contributed by atoms with E-state index < -0.39 is 0 Å². The van der Waals surface area contributed by atoms with Crippen LogP contribution in [-0.2, 0) is 37.9 Å². The third-order valence-electron chi connectivity index (χ3n) is 7.82. The first-order chi connectivity index (χ1) is 24.9. The number of aliphatic hydroxyl groups is 2. The Morgan fingerprint density at radius 1 is 0.220 bits per heavy atom. The van der Waals surface area contributed by atoms with Crippen LogP contribution in [0.15, 0.2) is 0 Å². The van der Waals surface area contributed by atoms with E-state index in [1.54, 1.807) is 0 Å². The Kier molecular flexibility index (Phi) is 49.6. The second-order valence-electron chi connectivity index (χ2n) is 12.4. The summed E-state index contributed by atoms with van der Waals surface area (Å²) >= 11 is 0. The molecule has 0 saturated heterocycles. The number of unbranched alkanes of at least 4 members (excludes halogenated alkanes) is 16. The molecule has 10 nitrogen and oxygen atoms in total. The van der Waals surface area contributed by atoms with Crippen LogP contribution in [-0.4, -0.2) is 141 Å². The van der Waals surface area contributed by atoms with E-state index in [9.17, 15) is 0 Å². The van der Waals surface area contributed by atoms with Gasteiger partial charge >= 0.3 is 0 Å². The number of hydrogen-bond acceptors (Lipinski definition) is 12. The van der Waals surface area contributed by atoms with Crippen LogP contribution in [0.4, 0.5) is 0 Å². The van der Waals surface area contributed by atoms with Crippen LogP contribution in [0, 0.1) is 0 Å². The molecule has 0 saturated carbocycles. The summed E-state index contributed by atoms with van der Waals surface area (Å²) in [5.74, 6) is 2.62. The molecule has 0 bridgehead atoms. The summed E-state index contributed by atoms with van der Waals surface area (Å²) < 4.78 is 43.3. The van der Waals surface area contributed by atoms with E-state index in [4.69, 9.17) is 48.1 Å². The van der Waals surface area contributed by atoms with Gasteiger partial charge in [-0.2, -0.15) is 0 Å². The molecule has 0 atom stereocenters. The molecular weight excluding hydrogens is 681 g/mol. The Bertz CT molecular complexity index is 536. The zero-order valence-electron chi connectivity index (χ0n) is 31.8. The van der Waals surface area contributed by atoms with E-state index in [0.717, 1.165) is 26.1 Å². The van der Waals surface area contributed by atoms with E-state index in [0.29, 0.717) is 92.5 Å². The van der Waals surface area contributed by atoms with Gasteiger partial charge in [0.25, 0.3) is 0 Å². The van der Waals surface area contributed by atoms with Crippen LogP contribution < -0.4 is 0 Å². The largest absolute Gasteiger partial charge is 0.394 e. The van der Waals surface area contributed by atoms with E-state index in [1.165, 1.54) is 114 Å². The summed E-state index contributed by atoms with van der Waals surface area (Å²) in [6.07, 6.45) is 24.0. The molecule has 0 aromatic carbocycles. The molecule has 0 unspecified atom stereocenters. The second kappa shape index (κ2) is 49.3. The first-order valence-electron chi connectivity index (χ1n) is 20.0. The third-order valence-corrected chi connectivity index (χ3v) is 10.4. The summed E-state index contributed by atoms with van der Waals surface area (Å²) in [6, 6.07) is 0. The smallest absolute Gasteiger partial charge is 0.0701 e. The van der Waals surface area contributed by atoms with Crippen LogP contribution in [0.3, 0.4) is 0 Å². The molecule has 12 heteroatoms. The van der Waals surface area contributed by atoms with Gasteiger partial charge < -0.3 is 48.1 Å². The third kappa shape index (κ3) is 48.3. The quantitative estimate of drug-likeness (QED) is 0.0473. The Hall–Kier alpha value is 0.300. The summed E-state index contributed by atoms with van der Waals surface area (Å²) in [7, 11) is 4.17. The normalized spacial score (nSPS) is 11.6. The second-order valence-corrected chi connectivity index (χ2v) is 15.1. The average Bonchev–Trinajstić information content (AvgIpc) is 3.13. The van der Waals surface area contributed by atoms with Gasteiger partial charge in [-0.25, -0.2) is 0 Å². The van der Waals surface area contributed by atoms with Gasteiger partial charge in [-0.05, 0) is 25.7 Å². The van der Waals surface area contributed by atoms with Gasteiger partial charge in [0.15, 0.2) is 0 Å². The Labute approximate surface area is 314 Å². The predicted octanol–water partition coefficient (Wildman–Crippen LogP) is 7.51. The van der Waals surface area contributed by atoms with Crippen molar-refractivity contribution in [3.8, 4) is 0 Å². The van der Waals surface area contributed by atoms with Gasteiger partial charge in [-0.3, -0.25) is 0 Å². The van der Waals surface area contributed by atoms with Crippen molar-refractivity contribution in [2.24, 2.45) is 0 Å². The molecule has 0 radical (unpaired) electrons. The maximum Gasteiger partial charge on any atom is 0.0701 e. The Morgan fingerprint density at radius 2 is 0.420 bits per heavy atom. The lowest BCUT2D eigenvalue weighted by Crippen LogP contribution is -2.12. The van der Waals surface area contributed by atoms with E-state index >= 15 is 0 Å². The van der Waals surface area contributed by atoms with Crippen LogP contribution in [0.1, 0.15) is 116 Å². The fourth-order valence-corrected chi connectivity index (χ4v) is 7.27. The first kappa shape index (κ1) is 50.3. The van der Waals surface area contributed by atoms with Gasteiger partial charge in [0, 0.05) is 24.7 Å². The fraction of sp³-hybridized carbons (Fsp3) is 1.00. The molecule has 0 spiro atoms. The molecule has 0 amide bonds.